The molecule has 0 atom stereocenters. The van der Waals surface area contributed by atoms with Gasteiger partial charge in [-0.3, -0.25) is 14.4 Å². The third kappa shape index (κ3) is 6.94. The normalized spacial score (nSPS) is 10.2. The fourth-order valence-corrected chi connectivity index (χ4v) is 1.91. The zero-order valence-corrected chi connectivity index (χ0v) is 13.7. The predicted molar refractivity (Wildman–Crippen MR) is 86.1 cm³/mol. The largest absolute Gasteiger partial charge is 0.358 e. The van der Waals surface area contributed by atoms with Gasteiger partial charge in [0.25, 0.3) is 11.8 Å². The number of hydrogen-bond acceptors (Lipinski definition) is 4. The van der Waals surface area contributed by atoms with Crippen LogP contribution in [0.2, 0.25) is 0 Å². The maximum absolute atomic E-state index is 11.9. The molecular formula is C15H25N5O3. The van der Waals surface area contributed by atoms with Gasteiger partial charge in [-0.15, -0.1) is 0 Å². The Hall–Kier alpha value is -2.38. The number of amides is 3. The van der Waals surface area contributed by atoms with Gasteiger partial charge in [-0.05, 0) is 6.42 Å². The SMILES string of the molecule is CCCCCCCNC(=O)c1ncc(C(=O)NCC(=O)NC)[nH]1. The van der Waals surface area contributed by atoms with E-state index < -0.39 is 5.91 Å². The molecule has 0 unspecified atom stereocenters. The minimum atomic E-state index is -0.486. The number of rotatable bonds is 10. The van der Waals surface area contributed by atoms with Gasteiger partial charge >= 0.3 is 0 Å². The molecule has 0 bridgehead atoms. The van der Waals surface area contributed by atoms with E-state index in [0.717, 1.165) is 12.8 Å². The Balaban J connectivity index is 2.35. The standard InChI is InChI=1S/C15H25N5O3/c1-3-4-5-6-7-8-17-15(23)13-18-9-11(20-13)14(22)19-10-12(21)16-2/h9H,3-8,10H2,1-2H3,(H,16,21)(H,17,23)(H,18,20)(H,19,22). The molecule has 128 valence electrons. The van der Waals surface area contributed by atoms with Gasteiger partial charge in [0.2, 0.25) is 5.91 Å². The Morgan fingerprint density at radius 1 is 1.09 bits per heavy atom. The van der Waals surface area contributed by atoms with Gasteiger partial charge < -0.3 is 20.9 Å². The second kappa shape index (κ2) is 10.4. The Kier molecular flexibility index (Phi) is 8.41. The quantitative estimate of drug-likeness (QED) is 0.471. The van der Waals surface area contributed by atoms with Gasteiger partial charge in [0, 0.05) is 13.6 Å². The first-order chi connectivity index (χ1) is 11.1. The lowest BCUT2D eigenvalue weighted by Gasteiger charge is -2.03. The summed E-state index contributed by atoms with van der Waals surface area (Å²) in [7, 11) is 1.48. The Bertz CT molecular complexity index is 527. The van der Waals surface area contributed by atoms with Crippen LogP contribution in [0, 0.1) is 0 Å². The molecule has 1 rings (SSSR count). The van der Waals surface area contributed by atoms with E-state index in [9.17, 15) is 14.4 Å². The first-order valence-corrected chi connectivity index (χ1v) is 7.90. The number of unbranched alkanes of at least 4 members (excludes halogenated alkanes) is 4. The molecule has 8 nitrogen and oxygen atoms in total. The van der Waals surface area contributed by atoms with Crippen molar-refractivity contribution in [1.29, 1.82) is 0 Å². The number of carbonyl (C=O) groups excluding carboxylic acids is 3. The van der Waals surface area contributed by atoms with Gasteiger partial charge in [0.15, 0.2) is 5.82 Å². The van der Waals surface area contributed by atoms with Crippen molar-refractivity contribution >= 4 is 17.7 Å². The third-order valence-electron chi connectivity index (χ3n) is 3.29. The van der Waals surface area contributed by atoms with E-state index in [1.54, 1.807) is 0 Å². The fourth-order valence-electron chi connectivity index (χ4n) is 1.91. The lowest BCUT2D eigenvalue weighted by atomic mass is 10.1. The summed E-state index contributed by atoms with van der Waals surface area (Å²) in [6.45, 7) is 2.61. The summed E-state index contributed by atoms with van der Waals surface area (Å²) in [6.07, 6.45) is 6.84. The zero-order chi connectivity index (χ0) is 17.1. The van der Waals surface area contributed by atoms with Crippen molar-refractivity contribution in [2.45, 2.75) is 39.0 Å². The Morgan fingerprint density at radius 3 is 2.52 bits per heavy atom. The summed E-state index contributed by atoms with van der Waals surface area (Å²) in [5, 5.41) is 7.57. The highest BCUT2D eigenvalue weighted by Crippen LogP contribution is 2.02. The zero-order valence-electron chi connectivity index (χ0n) is 13.7. The lowest BCUT2D eigenvalue weighted by Crippen LogP contribution is -2.35. The maximum atomic E-state index is 11.9. The molecule has 1 aromatic heterocycles. The average Bonchev–Trinajstić information content (AvgIpc) is 3.05. The number of aromatic amines is 1. The number of nitrogens with one attached hydrogen (secondary N) is 4. The van der Waals surface area contributed by atoms with Crippen molar-refractivity contribution in [1.82, 2.24) is 25.9 Å². The molecule has 0 fully saturated rings. The number of carbonyl (C=O) groups is 3. The summed E-state index contributed by atoms with van der Waals surface area (Å²) >= 11 is 0. The number of imidazole rings is 1. The minimum absolute atomic E-state index is 0.0867. The molecular weight excluding hydrogens is 298 g/mol. The second-order valence-corrected chi connectivity index (χ2v) is 5.17. The topological polar surface area (TPSA) is 116 Å². The van der Waals surface area contributed by atoms with Crippen LogP contribution in [0.25, 0.3) is 0 Å². The number of H-pyrrole nitrogens is 1. The van der Waals surface area contributed by atoms with Crippen LogP contribution in [0.3, 0.4) is 0 Å². The van der Waals surface area contributed by atoms with Gasteiger partial charge in [-0.1, -0.05) is 32.6 Å². The molecule has 0 saturated heterocycles. The van der Waals surface area contributed by atoms with Gasteiger partial charge in [0.05, 0.1) is 12.7 Å². The van der Waals surface area contributed by atoms with Crippen LogP contribution in [0.4, 0.5) is 0 Å². The van der Waals surface area contributed by atoms with E-state index in [-0.39, 0.29) is 29.9 Å². The number of nitrogens with zero attached hydrogens (tertiary/aromatic N) is 1. The van der Waals surface area contributed by atoms with Crippen molar-refractivity contribution in [3.8, 4) is 0 Å². The summed E-state index contributed by atoms with van der Waals surface area (Å²) < 4.78 is 0. The van der Waals surface area contributed by atoms with Gasteiger partial charge in [-0.2, -0.15) is 0 Å². The molecule has 0 radical (unpaired) electrons. The third-order valence-corrected chi connectivity index (χ3v) is 3.29. The van der Waals surface area contributed by atoms with Gasteiger partial charge in [-0.25, -0.2) is 4.98 Å². The predicted octanol–water partition coefficient (Wildman–Crippen LogP) is 0.586. The summed E-state index contributed by atoms with van der Waals surface area (Å²) in [5.41, 5.74) is 0.141. The van der Waals surface area contributed by atoms with Gasteiger partial charge in [0.1, 0.15) is 5.69 Å². The van der Waals surface area contributed by atoms with Crippen molar-refractivity contribution in [3.63, 3.8) is 0 Å². The Morgan fingerprint density at radius 2 is 1.83 bits per heavy atom. The van der Waals surface area contributed by atoms with Crippen LogP contribution < -0.4 is 16.0 Å². The monoisotopic (exact) mass is 323 g/mol. The molecule has 0 aromatic carbocycles. The first kappa shape index (κ1) is 18.7. The molecule has 23 heavy (non-hydrogen) atoms. The highest BCUT2D eigenvalue weighted by Gasteiger charge is 2.14. The average molecular weight is 323 g/mol. The molecule has 3 amide bonds. The first-order valence-electron chi connectivity index (χ1n) is 7.90. The molecule has 1 aromatic rings. The number of aromatic nitrogens is 2. The summed E-state index contributed by atoms with van der Waals surface area (Å²) in [4.78, 5) is 41.2. The van der Waals surface area contributed by atoms with Crippen molar-refractivity contribution < 1.29 is 14.4 Å². The van der Waals surface area contributed by atoms with Crippen LogP contribution in [-0.2, 0) is 4.79 Å². The highest BCUT2D eigenvalue weighted by molar-refractivity contribution is 5.97. The van der Waals surface area contributed by atoms with E-state index >= 15 is 0 Å². The smallest absolute Gasteiger partial charge is 0.287 e. The maximum Gasteiger partial charge on any atom is 0.287 e. The van der Waals surface area contributed by atoms with E-state index in [2.05, 4.69) is 32.8 Å². The minimum Gasteiger partial charge on any atom is -0.358 e. The fraction of sp³-hybridized carbons (Fsp3) is 0.600. The molecule has 8 heteroatoms. The van der Waals surface area contributed by atoms with Crippen LogP contribution in [0.15, 0.2) is 6.20 Å². The summed E-state index contributed by atoms with van der Waals surface area (Å²) in [5.74, 6) is -1.05. The summed E-state index contributed by atoms with van der Waals surface area (Å²) in [6, 6.07) is 0. The van der Waals surface area contributed by atoms with E-state index in [1.165, 1.54) is 32.5 Å². The van der Waals surface area contributed by atoms with Crippen LogP contribution in [-0.4, -0.2) is 47.8 Å². The number of likely N-dealkylation sites (N-methyl/N-ethyl adjacent to an activating group) is 1. The van der Waals surface area contributed by atoms with Crippen LogP contribution >= 0.6 is 0 Å². The molecule has 4 N–H and O–H groups in total. The van der Waals surface area contributed by atoms with Crippen molar-refractivity contribution in [2.24, 2.45) is 0 Å². The van der Waals surface area contributed by atoms with E-state index in [4.69, 9.17) is 0 Å². The lowest BCUT2D eigenvalue weighted by molar-refractivity contribution is -0.119. The van der Waals surface area contributed by atoms with Crippen molar-refractivity contribution in [2.75, 3.05) is 20.1 Å². The molecule has 0 aliphatic rings. The second-order valence-electron chi connectivity index (χ2n) is 5.17. The molecule has 0 aliphatic carbocycles. The van der Waals surface area contributed by atoms with Crippen molar-refractivity contribution in [3.05, 3.63) is 17.7 Å². The Labute approximate surface area is 135 Å². The van der Waals surface area contributed by atoms with Crippen LogP contribution in [0.5, 0.6) is 0 Å². The van der Waals surface area contributed by atoms with Crippen LogP contribution in [0.1, 0.15) is 60.1 Å². The molecule has 0 saturated carbocycles. The van der Waals surface area contributed by atoms with E-state index in [1.807, 2.05) is 0 Å². The number of hydrogen-bond donors (Lipinski definition) is 4. The van der Waals surface area contributed by atoms with E-state index in [0.29, 0.717) is 6.54 Å². The molecule has 1 heterocycles. The highest BCUT2D eigenvalue weighted by atomic mass is 16.2. The molecule has 0 aliphatic heterocycles. The molecule has 0 spiro atoms.